The van der Waals surface area contributed by atoms with Crippen LogP contribution in [0.15, 0.2) is 194 Å². The van der Waals surface area contributed by atoms with Crippen molar-refractivity contribution in [3.05, 3.63) is 261 Å². The molecule has 12 nitrogen and oxygen atoms in total. The number of rotatable bonds is 4. The van der Waals surface area contributed by atoms with Crippen LogP contribution in [0.1, 0.15) is 146 Å². The maximum atomic E-state index is 5.00. The first-order valence-corrected chi connectivity index (χ1v) is 38.4. The summed E-state index contributed by atoms with van der Waals surface area (Å²) in [4.78, 5) is 19.8. The van der Waals surface area contributed by atoms with Crippen molar-refractivity contribution in [3.8, 4) is 0 Å². The van der Waals surface area contributed by atoms with Gasteiger partial charge in [-0.05, 0) is 222 Å². The van der Waals surface area contributed by atoms with E-state index in [-0.39, 0.29) is 0 Å². The number of hydrogen-bond donors (Lipinski definition) is 0. The molecule has 0 aliphatic heterocycles. The van der Waals surface area contributed by atoms with Gasteiger partial charge in [-0.25, -0.2) is 18.3 Å². The average Bonchev–Trinajstić information content (AvgIpc) is 1.54. The second kappa shape index (κ2) is 26.0. The quantitative estimate of drug-likeness (QED) is 0.130. The third kappa shape index (κ3) is 10.6. The van der Waals surface area contributed by atoms with Crippen molar-refractivity contribution >= 4 is 154 Å². The van der Waals surface area contributed by atoms with Gasteiger partial charge in [-0.1, -0.05) is 140 Å². The fourth-order valence-electron chi connectivity index (χ4n) is 18.1. The lowest BCUT2D eigenvalue weighted by Crippen LogP contribution is -2.27. The molecule has 0 fully saturated rings. The van der Waals surface area contributed by atoms with E-state index in [2.05, 4.69) is 369 Å². The van der Waals surface area contributed by atoms with Gasteiger partial charge in [0.2, 0.25) is 0 Å². The molecule has 0 saturated carbocycles. The number of hydrogen-bond acceptors (Lipinski definition) is 4. The van der Waals surface area contributed by atoms with Crippen molar-refractivity contribution in [1.82, 2.24) is 37.7 Å². The van der Waals surface area contributed by atoms with E-state index < -0.39 is 0 Å². The second-order valence-corrected chi connectivity index (χ2v) is 31.7. The van der Waals surface area contributed by atoms with Gasteiger partial charge < -0.3 is 0 Å². The number of para-hydroxylation sites is 7. The Labute approximate surface area is 630 Å². The van der Waals surface area contributed by atoms with Crippen LogP contribution in [0.4, 0.5) is 0 Å². The highest BCUT2D eigenvalue weighted by atomic mass is 15.1. The summed E-state index contributed by atoms with van der Waals surface area (Å²) < 4.78 is 19.0. The lowest BCUT2D eigenvalue weighted by molar-refractivity contribution is -0.617. The Balaban J connectivity index is 0.000000105. The first kappa shape index (κ1) is 69.3. The summed E-state index contributed by atoms with van der Waals surface area (Å²) in [5, 5.41) is 9.82. The van der Waals surface area contributed by atoms with Crippen molar-refractivity contribution in [3.63, 3.8) is 0 Å². The topological polar surface area (TPSA) is 85.5 Å². The maximum Gasteiger partial charge on any atom is 0.297 e. The van der Waals surface area contributed by atoms with E-state index in [1.807, 2.05) is 0 Å². The summed E-state index contributed by atoms with van der Waals surface area (Å²) in [6, 6.07) is 70.4. The monoisotopic (exact) mass is 1420 g/mol. The van der Waals surface area contributed by atoms with Gasteiger partial charge in [0.25, 0.3) is 22.6 Å². The zero-order chi connectivity index (χ0) is 75.5. The van der Waals surface area contributed by atoms with E-state index in [1.165, 1.54) is 176 Å². The van der Waals surface area contributed by atoms with Gasteiger partial charge in [-0.15, -0.1) is 0 Å². The van der Waals surface area contributed by atoms with E-state index >= 15 is 0 Å². The van der Waals surface area contributed by atoms with Gasteiger partial charge in [-0.3, -0.25) is 19.9 Å². The molecule has 0 unspecified atom stereocenters. The molecule has 20 rings (SSSR count). The Kier molecular flexibility index (Phi) is 16.7. The number of fused-ring (bicyclic) bond motifs is 32. The van der Waals surface area contributed by atoms with Crippen LogP contribution in [0.2, 0.25) is 0 Å². The van der Waals surface area contributed by atoms with E-state index in [9.17, 15) is 0 Å². The zero-order valence-electron chi connectivity index (χ0n) is 66.2. The lowest BCUT2D eigenvalue weighted by atomic mass is 9.97. The Bertz CT molecular complexity index is 7140. The van der Waals surface area contributed by atoms with Crippen LogP contribution in [0.3, 0.4) is 0 Å². The van der Waals surface area contributed by atoms with Crippen molar-refractivity contribution < 1.29 is 18.1 Å². The van der Waals surface area contributed by atoms with Crippen LogP contribution in [-0.2, 0) is 28.2 Å². The van der Waals surface area contributed by atoms with Crippen molar-refractivity contribution in [2.75, 3.05) is 0 Å². The minimum atomic E-state index is 0.437. The number of benzene rings is 8. The average molecular weight is 1420 g/mol. The number of imidazole rings is 4. The molecule has 0 amide bonds. The minimum Gasteiger partial charge on any atom is -0.252 e. The summed E-state index contributed by atoms with van der Waals surface area (Å²) in [5.41, 5.74) is 39.1. The standard InChI is InChI=1S/4C24H24N3/c1-14(2)17-9-8-10-18-22-21(15(3)13-16(4)25-22)24-26(5)19-11-6-7-12-20(19)27(24)23(17)18;1-14(2)17-10-8-12-20-23(17)27-19-11-7-6-9-18(19)22-21(24(27)26(20)5)15(3)13-16(4)25-22;1-14(2)17-10-11-20-21(13-17)26(5)24-22-15(3)12-16(4)25-23(22)18-8-6-7-9-19(18)27(20)24;1-14(2)17-10-11-20-21(13-17)27-19-9-7-6-8-18(19)23-22(24(27)26(20)5)15(3)12-16(4)25-23/h4*6-14H,1-5H3/q4*+1. The fraction of sp³-hybridized carbons (Fsp3) is 0.250. The molecule has 0 bridgehead atoms. The molecule has 0 atom stereocenters. The summed E-state index contributed by atoms with van der Waals surface area (Å²) in [6.45, 7) is 35.2. The van der Waals surface area contributed by atoms with Gasteiger partial charge in [0.1, 0.15) is 22.1 Å². The van der Waals surface area contributed by atoms with Crippen LogP contribution in [0.5, 0.6) is 0 Å². The molecular formula is C96H96N12+4. The zero-order valence-corrected chi connectivity index (χ0v) is 66.2. The van der Waals surface area contributed by atoms with Gasteiger partial charge in [0, 0.05) is 55.4 Å². The normalized spacial score (nSPS) is 12.2. The predicted octanol–water partition coefficient (Wildman–Crippen LogP) is 21.4. The van der Waals surface area contributed by atoms with Crippen LogP contribution in [-0.4, -0.2) is 37.7 Å². The maximum absolute atomic E-state index is 5.00. The largest absolute Gasteiger partial charge is 0.297 e. The molecule has 20 aromatic rings. The fourth-order valence-corrected chi connectivity index (χ4v) is 18.1. The highest BCUT2D eigenvalue weighted by Crippen LogP contribution is 2.40. The number of aryl methyl sites for hydroxylation is 12. The van der Waals surface area contributed by atoms with Gasteiger partial charge in [0.15, 0.2) is 44.1 Å². The summed E-state index contributed by atoms with van der Waals surface area (Å²) in [7, 11) is 8.69. The van der Waals surface area contributed by atoms with Crippen molar-refractivity contribution in [2.24, 2.45) is 28.2 Å². The molecule has 0 N–H and O–H groups in total. The summed E-state index contributed by atoms with van der Waals surface area (Å²) >= 11 is 0. The van der Waals surface area contributed by atoms with Crippen LogP contribution in [0, 0.1) is 55.4 Å². The summed E-state index contributed by atoms with van der Waals surface area (Å²) in [5.74, 6) is 1.91. The number of nitrogens with zero attached hydrogens (tertiary/aromatic N) is 12. The van der Waals surface area contributed by atoms with Crippen LogP contribution >= 0.6 is 0 Å². The summed E-state index contributed by atoms with van der Waals surface area (Å²) in [6.07, 6.45) is 0. The third-order valence-corrected chi connectivity index (χ3v) is 23.0. The smallest absolute Gasteiger partial charge is 0.252 e. The molecule has 536 valence electrons. The molecule has 108 heavy (non-hydrogen) atoms. The molecule has 0 spiro atoms. The van der Waals surface area contributed by atoms with E-state index in [0.717, 1.165) is 44.8 Å². The van der Waals surface area contributed by atoms with Crippen molar-refractivity contribution in [2.45, 2.75) is 134 Å². The van der Waals surface area contributed by atoms with Crippen molar-refractivity contribution in [1.29, 1.82) is 0 Å². The first-order chi connectivity index (χ1) is 51.9. The second-order valence-electron chi connectivity index (χ2n) is 31.7. The van der Waals surface area contributed by atoms with Gasteiger partial charge in [0.05, 0.1) is 71.8 Å². The molecule has 12 heteroatoms. The highest BCUT2D eigenvalue weighted by Gasteiger charge is 2.32. The molecule has 8 aromatic carbocycles. The third-order valence-electron chi connectivity index (χ3n) is 23.0. The first-order valence-electron chi connectivity index (χ1n) is 38.4. The Morgan fingerprint density at radius 1 is 0.287 bits per heavy atom. The highest BCUT2D eigenvalue weighted by molar-refractivity contribution is 6.15. The molecule has 0 radical (unpaired) electrons. The number of pyridine rings is 8. The Morgan fingerprint density at radius 3 is 1.17 bits per heavy atom. The SMILES string of the molecule is Cc1cc(C)c2c(n1)c1cccc(C(C)C)c1n1c3ccccc3[n+](C)c21.Cc1cc(C)c2c(n1)c1ccccc1[n+]1c3ccc(C(C)C)cc3n(C)c21.Cc1cc(C)c2c(n1)c1ccccc1n1c3c(C(C)C)cccc3[n+](C)c21.Cc1cc(C)c2c(n1)c1ccccc1n1c3cc(C(C)C)ccc3[n+](C)c21. The number of aromatic nitrogens is 12. The van der Waals surface area contributed by atoms with E-state index in [4.69, 9.17) is 19.9 Å². The molecule has 12 aromatic heterocycles. The lowest BCUT2D eigenvalue weighted by Gasteiger charge is -2.12. The molecular weight excluding hydrogens is 1320 g/mol. The van der Waals surface area contributed by atoms with E-state index in [0.29, 0.717) is 23.7 Å². The molecule has 0 saturated heterocycles. The van der Waals surface area contributed by atoms with Gasteiger partial charge >= 0.3 is 0 Å². The molecule has 12 heterocycles. The van der Waals surface area contributed by atoms with Crippen LogP contribution < -0.4 is 18.1 Å². The van der Waals surface area contributed by atoms with Crippen LogP contribution in [0.25, 0.3) is 154 Å². The molecule has 0 aliphatic rings. The minimum absolute atomic E-state index is 0.437. The Morgan fingerprint density at radius 2 is 0.648 bits per heavy atom. The van der Waals surface area contributed by atoms with Gasteiger partial charge in [-0.2, -0.15) is 17.6 Å². The molecule has 0 aliphatic carbocycles. The van der Waals surface area contributed by atoms with E-state index in [1.54, 1.807) is 0 Å². The Hall–Kier alpha value is -11.8. The predicted molar refractivity (Wildman–Crippen MR) is 450 cm³/mol.